The summed E-state index contributed by atoms with van der Waals surface area (Å²) in [6.07, 6.45) is 3.96. The van der Waals surface area contributed by atoms with Crippen molar-refractivity contribution in [3.05, 3.63) is 35.4 Å². The average molecular weight is 291 g/mol. The molecule has 0 fully saturated rings. The third-order valence-electron chi connectivity index (χ3n) is 4.71. The van der Waals surface area contributed by atoms with Crippen LogP contribution in [0.1, 0.15) is 71.1 Å². The molecule has 0 aliphatic rings. The Bertz CT molecular complexity index is 384. The van der Waals surface area contributed by atoms with Crippen molar-refractivity contribution in [1.82, 2.24) is 5.32 Å². The van der Waals surface area contributed by atoms with E-state index in [9.17, 15) is 5.11 Å². The highest BCUT2D eigenvalue weighted by molar-refractivity contribution is 5.24. The van der Waals surface area contributed by atoms with E-state index in [2.05, 4.69) is 64.2 Å². The number of benzene rings is 1. The van der Waals surface area contributed by atoms with Crippen LogP contribution in [-0.4, -0.2) is 17.2 Å². The van der Waals surface area contributed by atoms with Gasteiger partial charge < -0.3 is 10.4 Å². The van der Waals surface area contributed by atoms with Gasteiger partial charge in [0.2, 0.25) is 0 Å². The average Bonchev–Trinajstić information content (AvgIpc) is 2.49. The molecule has 0 saturated heterocycles. The summed E-state index contributed by atoms with van der Waals surface area (Å²) < 4.78 is 0. The van der Waals surface area contributed by atoms with Crippen molar-refractivity contribution < 1.29 is 5.11 Å². The Morgan fingerprint density at radius 2 is 1.52 bits per heavy atom. The van der Waals surface area contributed by atoms with Crippen LogP contribution in [-0.2, 0) is 6.42 Å². The van der Waals surface area contributed by atoms with E-state index in [0.717, 1.165) is 31.2 Å². The fourth-order valence-corrected chi connectivity index (χ4v) is 2.90. The van der Waals surface area contributed by atoms with Crippen molar-refractivity contribution in [2.45, 2.75) is 71.9 Å². The second-order valence-corrected chi connectivity index (χ2v) is 6.58. The lowest BCUT2D eigenvalue weighted by molar-refractivity contribution is 0.150. The molecule has 21 heavy (non-hydrogen) atoms. The van der Waals surface area contributed by atoms with Gasteiger partial charge in [-0.3, -0.25) is 0 Å². The van der Waals surface area contributed by atoms with E-state index in [4.69, 9.17) is 0 Å². The second kappa shape index (κ2) is 8.55. The van der Waals surface area contributed by atoms with Gasteiger partial charge in [0, 0.05) is 12.1 Å². The van der Waals surface area contributed by atoms with Crippen molar-refractivity contribution in [2.75, 3.05) is 6.54 Å². The molecule has 0 spiro atoms. The number of aliphatic hydroxyl groups excluding tert-OH is 1. The molecule has 0 saturated carbocycles. The Morgan fingerprint density at radius 1 is 1.00 bits per heavy atom. The SMILES string of the molecule is CCC(CC)(CC)NCC(O)c1ccc(CC(C)C)cc1. The minimum atomic E-state index is -0.429. The molecule has 0 amide bonds. The number of hydrogen-bond donors (Lipinski definition) is 2. The van der Waals surface area contributed by atoms with Gasteiger partial charge >= 0.3 is 0 Å². The van der Waals surface area contributed by atoms with Crippen molar-refractivity contribution in [3.8, 4) is 0 Å². The van der Waals surface area contributed by atoms with Gasteiger partial charge in [-0.2, -0.15) is 0 Å². The number of rotatable bonds is 9. The first kappa shape index (κ1) is 18.2. The first-order valence-corrected chi connectivity index (χ1v) is 8.48. The largest absolute Gasteiger partial charge is 0.387 e. The van der Waals surface area contributed by atoms with Gasteiger partial charge in [-0.1, -0.05) is 58.9 Å². The van der Waals surface area contributed by atoms with E-state index in [1.807, 2.05) is 0 Å². The maximum absolute atomic E-state index is 10.4. The lowest BCUT2D eigenvalue weighted by atomic mass is 9.89. The molecule has 0 aliphatic heterocycles. The molecule has 2 N–H and O–H groups in total. The van der Waals surface area contributed by atoms with Crippen molar-refractivity contribution >= 4 is 0 Å². The minimum absolute atomic E-state index is 0.165. The van der Waals surface area contributed by atoms with E-state index in [1.54, 1.807) is 0 Å². The van der Waals surface area contributed by atoms with Gasteiger partial charge in [0.1, 0.15) is 0 Å². The van der Waals surface area contributed by atoms with Crippen LogP contribution in [0.25, 0.3) is 0 Å². The fraction of sp³-hybridized carbons (Fsp3) is 0.684. The van der Waals surface area contributed by atoms with Gasteiger partial charge in [0.25, 0.3) is 0 Å². The van der Waals surface area contributed by atoms with E-state index in [0.29, 0.717) is 12.5 Å². The first-order valence-electron chi connectivity index (χ1n) is 8.48. The summed E-state index contributed by atoms with van der Waals surface area (Å²) in [5, 5.41) is 14.0. The molecule has 2 nitrogen and oxygen atoms in total. The van der Waals surface area contributed by atoms with Crippen molar-refractivity contribution in [3.63, 3.8) is 0 Å². The summed E-state index contributed by atoms with van der Waals surface area (Å²) >= 11 is 0. The van der Waals surface area contributed by atoms with E-state index in [-0.39, 0.29) is 5.54 Å². The van der Waals surface area contributed by atoms with Crippen LogP contribution < -0.4 is 5.32 Å². The summed E-state index contributed by atoms with van der Waals surface area (Å²) in [5.41, 5.74) is 2.52. The Balaban J connectivity index is 2.61. The molecule has 0 bridgehead atoms. The summed E-state index contributed by atoms with van der Waals surface area (Å²) in [4.78, 5) is 0. The molecular weight excluding hydrogens is 258 g/mol. The highest BCUT2D eigenvalue weighted by Gasteiger charge is 2.24. The molecule has 0 heterocycles. The zero-order valence-corrected chi connectivity index (χ0v) is 14.4. The molecule has 0 radical (unpaired) electrons. The van der Waals surface area contributed by atoms with Crippen molar-refractivity contribution in [1.29, 1.82) is 0 Å². The Kier molecular flexibility index (Phi) is 7.41. The third kappa shape index (κ3) is 5.44. The number of nitrogens with one attached hydrogen (secondary N) is 1. The highest BCUT2D eigenvalue weighted by atomic mass is 16.3. The molecule has 2 heteroatoms. The fourth-order valence-electron chi connectivity index (χ4n) is 2.90. The molecule has 1 unspecified atom stereocenters. The zero-order chi connectivity index (χ0) is 15.9. The predicted octanol–water partition coefficient (Wildman–Crippen LogP) is 4.48. The third-order valence-corrected chi connectivity index (χ3v) is 4.71. The lowest BCUT2D eigenvalue weighted by Crippen LogP contribution is -2.45. The smallest absolute Gasteiger partial charge is 0.0914 e. The molecule has 1 aromatic carbocycles. The van der Waals surface area contributed by atoms with E-state index in [1.165, 1.54) is 5.56 Å². The van der Waals surface area contributed by atoms with Crippen LogP contribution in [0, 0.1) is 5.92 Å². The van der Waals surface area contributed by atoms with E-state index < -0.39 is 6.10 Å². The minimum Gasteiger partial charge on any atom is -0.387 e. The molecule has 0 aromatic heterocycles. The molecule has 1 aromatic rings. The van der Waals surface area contributed by atoms with Crippen LogP contribution in [0.4, 0.5) is 0 Å². The van der Waals surface area contributed by atoms with Gasteiger partial charge in [-0.05, 0) is 42.7 Å². The standard InChI is InChI=1S/C19H33NO/c1-6-19(7-2,8-3)20-14-18(21)17-11-9-16(10-12-17)13-15(4)5/h9-12,15,18,20-21H,6-8,13-14H2,1-5H3. The predicted molar refractivity (Wildman–Crippen MR) is 91.6 cm³/mol. The van der Waals surface area contributed by atoms with Crippen LogP contribution in [0.3, 0.4) is 0 Å². The van der Waals surface area contributed by atoms with Crippen LogP contribution in [0.15, 0.2) is 24.3 Å². The van der Waals surface area contributed by atoms with Gasteiger partial charge in [0.15, 0.2) is 0 Å². The molecule has 120 valence electrons. The summed E-state index contributed by atoms with van der Waals surface area (Å²) in [5.74, 6) is 0.668. The Hall–Kier alpha value is -0.860. The summed E-state index contributed by atoms with van der Waals surface area (Å²) in [6, 6.07) is 8.42. The van der Waals surface area contributed by atoms with Crippen molar-refractivity contribution in [2.24, 2.45) is 5.92 Å². The summed E-state index contributed by atoms with van der Waals surface area (Å²) in [6.45, 7) is 11.7. The van der Waals surface area contributed by atoms with Crippen LogP contribution in [0.5, 0.6) is 0 Å². The lowest BCUT2D eigenvalue weighted by Gasteiger charge is -2.33. The topological polar surface area (TPSA) is 32.3 Å². The Labute approximate surface area is 131 Å². The molecule has 1 rings (SSSR count). The Morgan fingerprint density at radius 3 is 1.95 bits per heavy atom. The quantitative estimate of drug-likeness (QED) is 0.703. The molecule has 0 aliphatic carbocycles. The molecule has 1 atom stereocenters. The number of β-amino-alcohol motifs (C(OH)–C–C–N with tert-alkyl or cyclic N) is 1. The number of hydrogen-bond acceptors (Lipinski definition) is 2. The zero-order valence-electron chi connectivity index (χ0n) is 14.4. The van der Waals surface area contributed by atoms with E-state index >= 15 is 0 Å². The van der Waals surface area contributed by atoms with Crippen LogP contribution in [0.2, 0.25) is 0 Å². The van der Waals surface area contributed by atoms with Crippen LogP contribution >= 0.6 is 0 Å². The second-order valence-electron chi connectivity index (χ2n) is 6.58. The monoisotopic (exact) mass is 291 g/mol. The molecular formula is C19H33NO. The normalized spacial score (nSPS) is 13.7. The van der Waals surface area contributed by atoms with Gasteiger partial charge in [-0.25, -0.2) is 0 Å². The highest BCUT2D eigenvalue weighted by Crippen LogP contribution is 2.21. The maximum atomic E-state index is 10.4. The first-order chi connectivity index (χ1) is 9.96. The number of aliphatic hydroxyl groups is 1. The summed E-state index contributed by atoms with van der Waals surface area (Å²) in [7, 11) is 0. The van der Waals surface area contributed by atoms with Gasteiger partial charge in [-0.15, -0.1) is 0 Å². The van der Waals surface area contributed by atoms with Gasteiger partial charge in [0.05, 0.1) is 6.10 Å². The maximum Gasteiger partial charge on any atom is 0.0914 e.